The molecule has 14 heteroatoms. The molecule has 0 spiro atoms. The van der Waals surface area contributed by atoms with Gasteiger partial charge in [-0.15, -0.1) is 9.73 Å². The molecule has 0 aliphatic rings. The summed E-state index contributed by atoms with van der Waals surface area (Å²) in [6, 6.07) is 12.0. The maximum atomic E-state index is 13.5. The highest BCUT2D eigenvalue weighted by Gasteiger charge is 2.30. The third-order valence-corrected chi connectivity index (χ3v) is 6.81. The summed E-state index contributed by atoms with van der Waals surface area (Å²) in [6.45, 7) is -0.197. The number of thioether (sulfide) groups is 1. The topological polar surface area (TPSA) is 117 Å². The highest BCUT2D eigenvalue weighted by Crippen LogP contribution is 2.30. The fraction of sp³-hybridized carbons (Fsp3) is 0.192. The zero-order chi connectivity index (χ0) is 28.3. The molecule has 0 saturated heterocycles. The van der Waals surface area contributed by atoms with Crippen LogP contribution in [0.5, 0.6) is 11.6 Å². The van der Waals surface area contributed by atoms with Crippen LogP contribution >= 0.6 is 11.8 Å². The molecule has 0 aliphatic carbocycles. The van der Waals surface area contributed by atoms with Crippen molar-refractivity contribution in [3.05, 3.63) is 99.7 Å². The maximum Gasteiger partial charge on any atom is 0.416 e. The van der Waals surface area contributed by atoms with Gasteiger partial charge in [-0.1, -0.05) is 36.0 Å². The Kier molecular flexibility index (Phi) is 7.71. The maximum absolute atomic E-state index is 13.5. The van der Waals surface area contributed by atoms with Crippen LogP contribution in [0.25, 0.3) is 11.3 Å². The molecule has 206 valence electrons. The number of aliphatic hydroxyl groups is 1. The van der Waals surface area contributed by atoms with Gasteiger partial charge in [0, 0.05) is 11.3 Å². The number of halogens is 3. The summed E-state index contributed by atoms with van der Waals surface area (Å²) in [5.74, 6) is 1.29. The van der Waals surface area contributed by atoms with Crippen molar-refractivity contribution in [3.8, 4) is 17.4 Å². The molecule has 0 bridgehead atoms. The van der Waals surface area contributed by atoms with E-state index >= 15 is 0 Å². The van der Waals surface area contributed by atoms with Crippen molar-refractivity contribution in [2.75, 3.05) is 7.11 Å². The lowest BCUT2D eigenvalue weighted by Crippen LogP contribution is -2.26. The summed E-state index contributed by atoms with van der Waals surface area (Å²) in [5.41, 5.74) is 0.504. The molecular formula is C26H21F3N6O4S. The Bertz CT molecular complexity index is 1670. The SMILES string of the molecule is COc1ccc(COc2cnc(-n3c(SCc4ccc(C(F)(F)F)cc4)nn4ncc(CO)c4c3=O)cn2)cc1. The lowest BCUT2D eigenvalue weighted by Gasteiger charge is -2.12. The number of hydrogen-bond donors (Lipinski definition) is 1. The summed E-state index contributed by atoms with van der Waals surface area (Å²) < 4.78 is 51.9. The lowest BCUT2D eigenvalue weighted by molar-refractivity contribution is -0.137. The first-order valence-corrected chi connectivity index (χ1v) is 12.7. The molecule has 0 amide bonds. The van der Waals surface area contributed by atoms with Crippen LogP contribution in [0.4, 0.5) is 13.2 Å². The summed E-state index contributed by atoms with van der Waals surface area (Å²) in [4.78, 5) is 22.1. The van der Waals surface area contributed by atoms with Gasteiger partial charge in [-0.25, -0.2) is 14.5 Å². The van der Waals surface area contributed by atoms with Gasteiger partial charge in [0.05, 0.1) is 37.9 Å². The molecule has 2 aromatic carbocycles. The van der Waals surface area contributed by atoms with Gasteiger partial charge in [0.25, 0.3) is 5.56 Å². The highest BCUT2D eigenvalue weighted by atomic mass is 32.2. The number of methoxy groups -OCH3 is 1. The number of aliphatic hydroxyl groups excluding tert-OH is 1. The van der Waals surface area contributed by atoms with E-state index < -0.39 is 23.9 Å². The van der Waals surface area contributed by atoms with Crippen LogP contribution in [0, 0.1) is 0 Å². The molecule has 3 aromatic heterocycles. The second kappa shape index (κ2) is 11.4. The van der Waals surface area contributed by atoms with Crippen molar-refractivity contribution < 1.29 is 27.8 Å². The van der Waals surface area contributed by atoms with Crippen LogP contribution in [0.3, 0.4) is 0 Å². The molecule has 0 radical (unpaired) electrons. The van der Waals surface area contributed by atoms with E-state index in [1.54, 1.807) is 7.11 Å². The molecule has 5 aromatic rings. The van der Waals surface area contributed by atoms with Crippen molar-refractivity contribution in [2.24, 2.45) is 0 Å². The molecule has 40 heavy (non-hydrogen) atoms. The van der Waals surface area contributed by atoms with Crippen LogP contribution in [0.2, 0.25) is 0 Å². The Morgan fingerprint density at radius 3 is 2.33 bits per heavy atom. The van der Waals surface area contributed by atoms with Crippen LogP contribution in [0.15, 0.2) is 77.1 Å². The lowest BCUT2D eigenvalue weighted by atomic mass is 10.1. The smallest absolute Gasteiger partial charge is 0.416 e. The van der Waals surface area contributed by atoms with Gasteiger partial charge in [-0.2, -0.15) is 18.3 Å². The van der Waals surface area contributed by atoms with E-state index in [0.29, 0.717) is 5.56 Å². The van der Waals surface area contributed by atoms with Crippen LogP contribution in [0.1, 0.15) is 22.3 Å². The summed E-state index contributed by atoms with van der Waals surface area (Å²) in [5, 5.41) is 18.3. The van der Waals surface area contributed by atoms with E-state index in [0.717, 1.165) is 39.8 Å². The van der Waals surface area contributed by atoms with Crippen LogP contribution < -0.4 is 15.0 Å². The van der Waals surface area contributed by atoms with Crippen molar-refractivity contribution in [1.29, 1.82) is 0 Å². The van der Waals surface area contributed by atoms with Gasteiger partial charge in [-0.05, 0) is 35.4 Å². The van der Waals surface area contributed by atoms with Crippen LogP contribution in [-0.4, -0.2) is 41.6 Å². The van der Waals surface area contributed by atoms with E-state index in [9.17, 15) is 23.1 Å². The second-order valence-corrected chi connectivity index (χ2v) is 9.36. The van der Waals surface area contributed by atoms with Gasteiger partial charge in [0.15, 0.2) is 16.5 Å². The number of aromatic nitrogens is 6. The van der Waals surface area contributed by atoms with E-state index in [4.69, 9.17) is 9.47 Å². The molecule has 5 rings (SSSR count). The highest BCUT2D eigenvalue weighted by molar-refractivity contribution is 7.98. The Balaban J connectivity index is 1.42. The minimum atomic E-state index is -4.44. The monoisotopic (exact) mass is 570 g/mol. The predicted octanol–water partition coefficient (Wildman–Crippen LogP) is 4.06. The number of hydrogen-bond acceptors (Lipinski definition) is 9. The zero-order valence-corrected chi connectivity index (χ0v) is 21.7. The standard InChI is InChI=1S/C26H21F3N6O4S/c1-38-20-8-4-16(5-9-20)14-39-22-12-30-21(11-31-22)34-24(37)23-18(13-36)10-32-35(23)33-25(34)40-15-17-2-6-19(7-3-17)26(27,28)29/h2-12,36H,13-15H2,1H3. The summed E-state index contributed by atoms with van der Waals surface area (Å²) >= 11 is 1.11. The quantitative estimate of drug-likeness (QED) is 0.262. The Labute approximate surface area is 229 Å². The molecule has 3 heterocycles. The molecule has 10 nitrogen and oxygen atoms in total. The van der Waals surface area contributed by atoms with Gasteiger partial charge >= 0.3 is 6.18 Å². The van der Waals surface area contributed by atoms with Gasteiger partial charge in [0.1, 0.15) is 12.4 Å². The van der Waals surface area contributed by atoms with E-state index in [1.165, 1.54) is 35.3 Å². The molecular weight excluding hydrogens is 549 g/mol. The summed E-state index contributed by atoms with van der Waals surface area (Å²) in [6.07, 6.45) is -0.393. The molecule has 0 aliphatic heterocycles. The zero-order valence-electron chi connectivity index (χ0n) is 20.9. The fourth-order valence-electron chi connectivity index (χ4n) is 3.72. The van der Waals surface area contributed by atoms with Gasteiger partial charge < -0.3 is 14.6 Å². The third-order valence-electron chi connectivity index (χ3n) is 5.81. The van der Waals surface area contributed by atoms with Crippen LogP contribution in [-0.2, 0) is 25.1 Å². The largest absolute Gasteiger partial charge is 0.497 e. The summed E-state index contributed by atoms with van der Waals surface area (Å²) in [7, 11) is 1.58. The third kappa shape index (κ3) is 5.77. The van der Waals surface area contributed by atoms with E-state index in [1.807, 2.05) is 24.3 Å². The van der Waals surface area contributed by atoms with E-state index in [-0.39, 0.29) is 40.3 Å². The first-order valence-electron chi connectivity index (χ1n) is 11.7. The van der Waals surface area contributed by atoms with Gasteiger partial charge in [-0.3, -0.25) is 4.79 Å². The van der Waals surface area contributed by atoms with Crippen molar-refractivity contribution >= 4 is 17.3 Å². The molecule has 0 saturated carbocycles. The number of ether oxygens (including phenoxy) is 2. The number of rotatable bonds is 9. The first-order chi connectivity index (χ1) is 19.3. The Morgan fingerprint density at radius 1 is 0.975 bits per heavy atom. The minimum Gasteiger partial charge on any atom is -0.497 e. The van der Waals surface area contributed by atoms with Crippen molar-refractivity contribution in [3.63, 3.8) is 0 Å². The predicted molar refractivity (Wildman–Crippen MR) is 138 cm³/mol. The Morgan fingerprint density at radius 2 is 1.70 bits per heavy atom. The molecule has 1 N–H and O–H groups in total. The normalized spacial score (nSPS) is 11.6. The molecule has 0 unspecified atom stereocenters. The van der Waals surface area contributed by atoms with Crippen molar-refractivity contribution in [1.82, 2.24) is 29.4 Å². The molecule has 0 atom stereocenters. The average Bonchev–Trinajstić information content (AvgIpc) is 3.39. The Hall–Kier alpha value is -4.43. The number of nitrogens with zero attached hydrogens (tertiary/aromatic N) is 6. The number of fused-ring (bicyclic) bond motifs is 1. The minimum absolute atomic E-state index is 0.0583. The number of alkyl halides is 3. The average molecular weight is 571 g/mol. The van der Waals surface area contributed by atoms with Crippen molar-refractivity contribution in [2.45, 2.75) is 30.3 Å². The fourth-order valence-corrected chi connectivity index (χ4v) is 4.65. The first kappa shape index (κ1) is 27.1. The van der Waals surface area contributed by atoms with E-state index in [2.05, 4.69) is 20.2 Å². The van der Waals surface area contributed by atoms with Gasteiger partial charge in [0.2, 0.25) is 5.88 Å². The second-order valence-electron chi connectivity index (χ2n) is 8.42. The number of benzene rings is 2. The molecule has 0 fully saturated rings.